The Morgan fingerprint density at radius 3 is 2.35 bits per heavy atom. The van der Waals surface area contributed by atoms with Gasteiger partial charge in [-0.05, 0) is 30.3 Å². The summed E-state index contributed by atoms with van der Waals surface area (Å²) in [5.41, 5.74) is -1.47. The zero-order valence-corrected chi connectivity index (χ0v) is 19.9. The maximum Gasteiger partial charge on any atom is 0.418 e. The van der Waals surface area contributed by atoms with Crippen molar-refractivity contribution in [2.75, 3.05) is 35.8 Å². The van der Waals surface area contributed by atoms with Crippen LogP contribution in [-0.2, 0) is 16.2 Å². The summed E-state index contributed by atoms with van der Waals surface area (Å²) in [5.74, 6) is 0.212. The van der Waals surface area contributed by atoms with E-state index in [4.69, 9.17) is 11.6 Å². The zero-order chi connectivity index (χ0) is 23.6. The highest BCUT2D eigenvalue weighted by Gasteiger charge is 2.35. The first-order valence-corrected chi connectivity index (χ1v) is 11.8. The van der Waals surface area contributed by atoms with Gasteiger partial charge < -0.3 is 10.2 Å². The Bertz CT molecular complexity index is 1270. The van der Waals surface area contributed by atoms with E-state index in [-0.39, 0.29) is 33.8 Å². The number of aromatic nitrogens is 2. The van der Waals surface area contributed by atoms with Crippen LogP contribution in [-0.4, -0.2) is 44.6 Å². The monoisotopic (exact) mass is 533 g/mol. The number of pyridine rings is 2. The molecule has 1 aromatic carbocycles. The second-order valence-electron chi connectivity index (χ2n) is 7.25. The molecule has 182 valence electrons. The van der Waals surface area contributed by atoms with Crippen LogP contribution in [0.15, 0.2) is 59.6 Å². The predicted octanol–water partition coefficient (Wildman–Crippen LogP) is 4.45. The Balaban J connectivity index is 0.00000324. The maximum atomic E-state index is 13.6. The molecule has 2 aromatic heterocycles. The second-order valence-corrected chi connectivity index (χ2v) is 9.28. The van der Waals surface area contributed by atoms with Gasteiger partial charge in [0.25, 0.3) is 10.0 Å². The van der Waals surface area contributed by atoms with Gasteiger partial charge >= 0.3 is 6.18 Å². The van der Waals surface area contributed by atoms with Crippen LogP contribution in [0, 0.1) is 0 Å². The molecule has 3 aromatic rings. The number of nitrogens with zero attached hydrogens (tertiary/aromatic N) is 3. The predicted molar refractivity (Wildman–Crippen MR) is 127 cm³/mol. The van der Waals surface area contributed by atoms with Crippen molar-refractivity contribution < 1.29 is 21.6 Å². The fraction of sp³-hybridized carbons (Fsp3) is 0.238. The lowest BCUT2D eigenvalue weighted by molar-refractivity contribution is -0.137. The summed E-state index contributed by atoms with van der Waals surface area (Å²) in [5, 5.41) is 2.99. The number of piperazine rings is 1. The minimum absolute atomic E-state index is 0. The number of halogens is 5. The van der Waals surface area contributed by atoms with Crippen molar-refractivity contribution in [2.24, 2.45) is 0 Å². The Morgan fingerprint density at radius 2 is 1.68 bits per heavy atom. The first-order valence-electron chi connectivity index (χ1n) is 9.94. The van der Waals surface area contributed by atoms with Gasteiger partial charge in [0, 0.05) is 36.8 Å². The molecule has 7 nitrogen and oxygen atoms in total. The molecule has 0 radical (unpaired) electrons. The molecule has 3 heterocycles. The maximum absolute atomic E-state index is 13.6. The molecule has 34 heavy (non-hydrogen) atoms. The van der Waals surface area contributed by atoms with Crippen molar-refractivity contribution in [3.63, 3.8) is 0 Å². The van der Waals surface area contributed by atoms with Crippen molar-refractivity contribution in [3.05, 3.63) is 65.2 Å². The number of alkyl halides is 3. The molecule has 1 aliphatic rings. The third kappa shape index (κ3) is 5.72. The van der Waals surface area contributed by atoms with Gasteiger partial charge in [-0.3, -0.25) is 4.72 Å². The van der Waals surface area contributed by atoms with Gasteiger partial charge in [0.1, 0.15) is 11.6 Å². The lowest BCUT2D eigenvalue weighted by Crippen LogP contribution is -2.44. The largest absolute Gasteiger partial charge is 0.418 e. The number of hydrogen-bond donors (Lipinski definition) is 2. The van der Waals surface area contributed by atoms with Crippen LogP contribution >= 0.6 is 24.0 Å². The molecular formula is C21H20Cl2F3N5O2S. The fourth-order valence-corrected chi connectivity index (χ4v) is 4.61. The SMILES string of the molecule is Cl.O=S(=O)(Nc1ccc(C(F)(F)F)c(-c2ccccc2Cl)n1)c1cccc(N2CCNCC2)n1. The van der Waals surface area contributed by atoms with Crippen molar-refractivity contribution in [3.8, 4) is 11.3 Å². The number of rotatable bonds is 5. The van der Waals surface area contributed by atoms with E-state index in [9.17, 15) is 21.6 Å². The second kappa shape index (κ2) is 10.3. The highest BCUT2D eigenvalue weighted by Crippen LogP contribution is 2.39. The molecule has 0 spiro atoms. The van der Waals surface area contributed by atoms with Gasteiger partial charge in [0.05, 0.1) is 11.3 Å². The van der Waals surface area contributed by atoms with Crippen molar-refractivity contribution in [1.29, 1.82) is 0 Å². The molecule has 13 heteroatoms. The molecule has 1 fully saturated rings. The Labute approximate surface area is 205 Å². The summed E-state index contributed by atoms with van der Waals surface area (Å²) in [6, 6.07) is 12.2. The van der Waals surface area contributed by atoms with Crippen LogP contribution in [0.1, 0.15) is 5.56 Å². The molecule has 0 saturated carbocycles. The third-order valence-corrected chi connectivity index (χ3v) is 6.58. The minimum atomic E-state index is -4.71. The Morgan fingerprint density at radius 1 is 0.971 bits per heavy atom. The number of sulfonamides is 1. The molecule has 0 atom stereocenters. The lowest BCUT2D eigenvalue weighted by atomic mass is 10.1. The van der Waals surface area contributed by atoms with Crippen LogP contribution < -0.4 is 14.9 Å². The van der Waals surface area contributed by atoms with Gasteiger partial charge in [-0.25, -0.2) is 9.97 Å². The van der Waals surface area contributed by atoms with Gasteiger partial charge in [-0.2, -0.15) is 21.6 Å². The van der Waals surface area contributed by atoms with Gasteiger partial charge in [0.2, 0.25) is 0 Å². The average Bonchev–Trinajstić information content (AvgIpc) is 2.79. The first-order chi connectivity index (χ1) is 15.6. The molecule has 0 bridgehead atoms. The van der Waals surface area contributed by atoms with Crippen molar-refractivity contribution in [2.45, 2.75) is 11.2 Å². The van der Waals surface area contributed by atoms with Crippen LogP contribution in [0.5, 0.6) is 0 Å². The molecule has 0 unspecified atom stereocenters. The number of nitrogens with one attached hydrogen (secondary N) is 2. The Kier molecular flexibility index (Phi) is 7.91. The minimum Gasteiger partial charge on any atom is -0.354 e. The van der Waals surface area contributed by atoms with Gasteiger partial charge in [-0.15, -0.1) is 12.4 Å². The lowest BCUT2D eigenvalue weighted by Gasteiger charge is -2.28. The number of hydrogen-bond acceptors (Lipinski definition) is 6. The van der Waals surface area contributed by atoms with E-state index in [0.29, 0.717) is 18.9 Å². The summed E-state index contributed by atoms with van der Waals surface area (Å²) >= 11 is 6.09. The van der Waals surface area contributed by atoms with E-state index in [1.165, 1.54) is 24.3 Å². The van der Waals surface area contributed by atoms with Crippen LogP contribution in [0.3, 0.4) is 0 Å². The normalized spacial score (nSPS) is 14.4. The van der Waals surface area contributed by atoms with Crippen molar-refractivity contribution >= 4 is 45.7 Å². The van der Waals surface area contributed by atoms with E-state index >= 15 is 0 Å². The first kappa shape index (κ1) is 26.0. The quantitative estimate of drug-likeness (QED) is 0.503. The zero-order valence-electron chi connectivity index (χ0n) is 17.5. The molecule has 1 aliphatic heterocycles. The fourth-order valence-electron chi connectivity index (χ4n) is 3.42. The number of anilines is 2. The van der Waals surface area contributed by atoms with E-state index in [1.807, 2.05) is 4.90 Å². The number of benzene rings is 1. The van der Waals surface area contributed by atoms with E-state index in [0.717, 1.165) is 25.2 Å². The summed E-state index contributed by atoms with van der Waals surface area (Å²) in [7, 11) is -4.21. The van der Waals surface area contributed by atoms with Crippen LogP contribution in [0.4, 0.5) is 24.8 Å². The molecule has 0 aliphatic carbocycles. The average molecular weight is 534 g/mol. The Hall–Kier alpha value is -2.60. The van der Waals surface area contributed by atoms with Crippen molar-refractivity contribution in [1.82, 2.24) is 15.3 Å². The topological polar surface area (TPSA) is 87.2 Å². The third-order valence-electron chi connectivity index (χ3n) is 4.99. The molecule has 0 amide bonds. The molecule has 1 saturated heterocycles. The summed E-state index contributed by atoms with van der Waals surface area (Å²) < 4.78 is 68.9. The highest BCUT2D eigenvalue weighted by atomic mass is 35.5. The van der Waals surface area contributed by atoms with E-state index < -0.39 is 27.5 Å². The summed E-state index contributed by atoms with van der Waals surface area (Å²) in [4.78, 5) is 10.1. The highest BCUT2D eigenvalue weighted by molar-refractivity contribution is 7.92. The van der Waals surface area contributed by atoms with E-state index in [2.05, 4.69) is 20.0 Å². The van der Waals surface area contributed by atoms with Gasteiger partial charge in [0.15, 0.2) is 5.03 Å². The van der Waals surface area contributed by atoms with Gasteiger partial charge in [-0.1, -0.05) is 35.9 Å². The van der Waals surface area contributed by atoms with Crippen LogP contribution in [0.2, 0.25) is 5.02 Å². The van der Waals surface area contributed by atoms with E-state index in [1.54, 1.807) is 18.2 Å². The summed E-state index contributed by atoms with van der Waals surface area (Å²) in [6.07, 6.45) is -4.71. The molecule has 2 N–H and O–H groups in total. The molecule has 4 rings (SSSR count). The summed E-state index contributed by atoms with van der Waals surface area (Å²) in [6.45, 7) is 2.84. The standard InChI is InChI=1S/C21H19ClF3N5O2S.ClH/c22-16-5-2-1-4-14(16)20-15(21(23,24)25)8-9-17(27-20)29-33(31,32)19-7-3-6-18(28-19)30-12-10-26-11-13-30;/h1-9,26H,10-13H2,(H,27,29);1H. The molecular weight excluding hydrogens is 514 g/mol. The smallest absolute Gasteiger partial charge is 0.354 e. The van der Waals surface area contributed by atoms with Crippen LogP contribution in [0.25, 0.3) is 11.3 Å².